The number of hydrogen-bond donors (Lipinski definition) is 0. The van der Waals surface area contributed by atoms with Crippen molar-refractivity contribution in [3.63, 3.8) is 0 Å². The van der Waals surface area contributed by atoms with Crippen molar-refractivity contribution in [3.05, 3.63) is 60.4 Å². The van der Waals surface area contributed by atoms with Crippen LogP contribution in [-0.2, 0) is 4.43 Å². The molecule has 0 radical (unpaired) electrons. The van der Waals surface area contributed by atoms with E-state index in [4.69, 9.17) is 4.43 Å². The highest BCUT2D eigenvalue weighted by atomic mass is 28.4. The Morgan fingerprint density at radius 1 is 1.20 bits per heavy atom. The van der Waals surface area contributed by atoms with Gasteiger partial charge in [0.15, 0.2) is 0 Å². The third-order valence-electron chi connectivity index (χ3n) is 4.53. The molecule has 0 saturated carbocycles. The van der Waals surface area contributed by atoms with Crippen molar-refractivity contribution in [2.24, 2.45) is 5.92 Å². The lowest BCUT2D eigenvalue weighted by Crippen LogP contribution is -2.44. The first-order valence-corrected chi connectivity index (χ1v) is 9.85. The summed E-state index contributed by atoms with van der Waals surface area (Å²) in [6, 6.07) is 1.02. The minimum absolute atomic E-state index is 0.328. The number of hydrogen-bond acceptors (Lipinski definition) is 1. The van der Waals surface area contributed by atoms with Gasteiger partial charge in [-0.05, 0) is 28.8 Å². The van der Waals surface area contributed by atoms with Crippen molar-refractivity contribution in [1.82, 2.24) is 0 Å². The van der Waals surface area contributed by atoms with Crippen LogP contribution in [0.15, 0.2) is 60.4 Å². The van der Waals surface area contributed by atoms with E-state index in [1.807, 2.05) is 6.08 Å². The van der Waals surface area contributed by atoms with E-state index in [-0.39, 0.29) is 0 Å². The summed E-state index contributed by atoms with van der Waals surface area (Å²) in [6.45, 7) is 13.2. The van der Waals surface area contributed by atoms with Crippen molar-refractivity contribution < 1.29 is 4.43 Å². The minimum atomic E-state index is -1.87. The molecule has 0 aromatic heterocycles. The zero-order chi connectivity index (χ0) is 14.8. The first-order valence-electron chi connectivity index (χ1n) is 7.58. The van der Waals surface area contributed by atoms with E-state index in [1.165, 1.54) is 5.57 Å². The monoisotopic (exact) mass is 286 g/mol. The summed E-state index contributed by atoms with van der Waals surface area (Å²) < 4.78 is 6.72. The molecule has 0 aromatic carbocycles. The molecule has 1 nitrogen and oxygen atoms in total. The summed E-state index contributed by atoms with van der Waals surface area (Å²) in [5.74, 6) is 1.46. The van der Waals surface area contributed by atoms with Crippen molar-refractivity contribution in [2.45, 2.75) is 44.8 Å². The molecule has 1 unspecified atom stereocenters. The molecule has 0 spiro atoms. The molecule has 0 amide bonds. The quantitative estimate of drug-likeness (QED) is 0.461. The Morgan fingerprint density at radius 3 is 2.50 bits per heavy atom. The molecule has 0 bridgehead atoms. The van der Waals surface area contributed by atoms with Crippen LogP contribution in [0.1, 0.15) is 27.7 Å². The van der Waals surface area contributed by atoms with Gasteiger partial charge in [0.1, 0.15) is 0 Å². The normalized spacial score (nSPS) is 21.0. The lowest BCUT2D eigenvalue weighted by Gasteiger charge is -2.40. The summed E-state index contributed by atoms with van der Waals surface area (Å²) >= 11 is 0. The predicted molar refractivity (Wildman–Crippen MR) is 90.0 cm³/mol. The Balaban J connectivity index is 2.24. The molecular weight excluding hydrogens is 260 g/mol. The average molecular weight is 286 g/mol. The van der Waals surface area contributed by atoms with Crippen LogP contribution in [0.2, 0.25) is 17.1 Å². The molecule has 0 fully saturated rings. The SMILES string of the molecule is C=CC[Si](OC1=CC=C2C=CC=CC21)(C(C)C)C(C)C. The van der Waals surface area contributed by atoms with E-state index in [1.54, 1.807) is 0 Å². The fraction of sp³-hybridized carbons (Fsp3) is 0.444. The van der Waals surface area contributed by atoms with Gasteiger partial charge in [0.25, 0.3) is 8.32 Å². The second-order valence-corrected chi connectivity index (χ2v) is 11.1. The Bertz CT molecular complexity index is 484. The van der Waals surface area contributed by atoms with Crippen LogP contribution >= 0.6 is 0 Å². The van der Waals surface area contributed by atoms with E-state index in [0.717, 1.165) is 11.8 Å². The van der Waals surface area contributed by atoms with Gasteiger partial charge in [0, 0.05) is 0 Å². The maximum Gasteiger partial charge on any atom is 0.259 e. The Morgan fingerprint density at radius 2 is 1.90 bits per heavy atom. The zero-order valence-corrected chi connectivity index (χ0v) is 14.1. The maximum absolute atomic E-state index is 6.72. The van der Waals surface area contributed by atoms with Gasteiger partial charge in [-0.25, -0.2) is 0 Å². The summed E-state index contributed by atoms with van der Waals surface area (Å²) in [6.07, 6.45) is 15.0. The molecule has 0 aromatic rings. The molecular formula is C18H26OSi. The van der Waals surface area contributed by atoms with E-state index in [2.05, 4.69) is 70.7 Å². The van der Waals surface area contributed by atoms with Crippen molar-refractivity contribution in [2.75, 3.05) is 0 Å². The second kappa shape index (κ2) is 6.00. The Kier molecular flexibility index (Phi) is 4.54. The third-order valence-corrected chi connectivity index (χ3v) is 9.99. The molecule has 108 valence electrons. The van der Waals surface area contributed by atoms with Crippen molar-refractivity contribution in [1.29, 1.82) is 0 Å². The number of rotatable bonds is 6. The van der Waals surface area contributed by atoms with Gasteiger partial charge >= 0.3 is 0 Å². The highest BCUT2D eigenvalue weighted by Gasteiger charge is 2.44. The smallest absolute Gasteiger partial charge is 0.259 e. The van der Waals surface area contributed by atoms with Crippen LogP contribution in [-0.4, -0.2) is 8.32 Å². The predicted octanol–water partition coefficient (Wildman–Crippen LogP) is 5.52. The molecule has 2 aliphatic rings. The fourth-order valence-corrected chi connectivity index (χ4v) is 7.13. The highest BCUT2D eigenvalue weighted by Crippen LogP contribution is 2.42. The lowest BCUT2D eigenvalue weighted by molar-refractivity contribution is 0.358. The summed E-state index contributed by atoms with van der Waals surface area (Å²) in [4.78, 5) is 0. The first-order chi connectivity index (χ1) is 9.51. The van der Waals surface area contributed by atoms with Gasteiger partial charge in [0.05, 0.1) is 11.7 Å². The average Bonchev–Trinajstić information content (AvgIpc) is 2.81. The van der Waals surface area contributed by atoms with Crippen LogP contribution in [0.4, 0.5) is 0 Å². The van der Waals surface area contributed by atoms with Crippen molar-refractivity contribution in [3.8, 4) is 0 Å². The molecule has 0 saturated heterocycles. The van der Waals surface area contributed by atoms with Gasteiger partial charge in [0.2, 0.25) is 0 Å². The second-order valence-electron chi connectivity index (χ2n) is 6.32. The van der Waals surface area contributed by atoms with Crippen LogP contribution in [0.25, 0.3) is 0 Å². The van der Waals surface area contributed by atoms with Crippen molar-refractivity contribution >= 4 is 8.32 Å². The van der Waals surface area contributed by atoms with Gasteiger partial charge in [-0.1, -0.05) is 64.2 Å². The Hall–Kier alpha value is -1.28. The molecule has 2 aliphatic carbocycles. The largest absolute Gasteiger partial charge is 0.545 e. The number of allylic oxidation sites excluding steroid dienone is 7. The summed E-state index contributed by atoms with van der Waals surface area (Å²) in [5, 5.41) is 0. The molecule has 0 N–H and O–H groups in total. The summed E-state index contributed by atoms with van der Waals surface area (Å²) in [7, 11) is -1.87. The topological polar surface area (TPSA) is 9.23 Å². The van der Waals surface area contributed by atoms with Gasteiger partial charge in [-0.15, -0.1) is 6.58 Å². The molecule has 2 rings (SSSR count). The third kappa shape index (κ3) is 2.62. The minimum Gasteiger partial charge on any atom is -0.545 e. The standard InChI is InChI=1S/C18H26OSi/c1-6-13-20(14(2)3,15(4)5)19-18-12-11-16-9-7-8-10-17(16)18/h6-12,14-15,17H,1,13H2,2-5H3. The van der Waals surface area contributed by atoms with E-state index in [9.17, 15) is 0 Å². The lowest BCUT2D eigenvalue weighted by atomic mass is 9.97. The zero-order valence-electron chi connectivity index (χ0n) is 13.1. The molecule has 1 atom stereocenters. The number of fused-ring (bicyclic) bond motifs is 1. The van der Waals surface area contributed by atoms with Crippen LogP contribution in [0.3, 0.4) is 0 Å². The molecule has 0 aliphatic heterocycles. The summed E-state index contributed by atoms with van der Waals surface area (Å²) in [5.41, 5.74) is 2.50. The van der Waals surface area contributed by atoms with Crippen LogP contribution in [0.5, 0.6) is 0 Å². The van der Waals surface area contributed by atoms with E-state index >= 15 is 0 Å². The fourth-order valence-electron chi connectivity index (χ4n) is 3.22. The van der Waals surface area contributed by atoms with Gasteiger partial charge < -0.3 is 4.43 Å². The Labute approximate surface area is 124 Å². The molecule has 2 heteroatoms. The first kappa shape index (κ1) is 15.1. The van der Waals surface area contributed by atoms with E-state index < -0.39 is 8.32 Å². The van der Waals surface area contributed by atoms with E-state index in [0.29, 0.717) is 17.0 Å². The molecule has 20 heavy (non-hydrogen) atoms. The maximum atomic E-state index is 6.72. The van der Waals surface area contributed by atoms with Gasteiger partial charge in [-0.2, -0.15) is 0 Å². The van der Waals surface area contributed by atoms with Crippen LogP contribution in [0, 0.1) is 5.92 Å². The highest BCUT2D eigenvalue weighted by molar-refractivity contribution is 6.77. The van der Waals surface area contributed by atoms with Gasteiger partial charge in [-0.3, -0.25) is 0 Å². The molecule has 0 heterocycles. The van der Waals surface area contributed by atoms with Crippen LogP contribution < -0.4 is 0 Å².